The lowest BCUT2D eigenvalue weighted by atomic mass is 10.2. The number of hydrogen-bond acceptors (Lipinski definition) is 1. The van der Waals surface area contributed by atoms with Crippen molar-refractivity contribution >= 4 is 22.6 Å². The Morgan fingerprint density at radius 3 is 2.60 bits per heavy atom. The van der Waals surface area contributed by atoms with E-state index in [2.05, 4.69) is 47.8 Å². The molecule has 0 aliphatic rings. The number of nitrogens with one attached hydrogen (secondary N) is 1. The van der Waals surface area contributed by atoms with Crippen LogP contribution in [0, 0.1) is 0 Å². The smallest absolute Gasteiger partial charge is 0.0161 e. The van der Waals surface area contributed by atoms with Gasteiger partial charge < -0.3 is 5.32 Å². The van der Waals surface area contributed by atoms with Crippen LogP contribution in [0.2, 0.25) is 0 Å². The molecule has 1 atom stereocenters. The zero-order chi connectivity index (χ0) is 7.98. The van der Waals surface area contributed by atoms with Crippen molar-refractivity contribution < 1.29 is 0 Å². The number of alkyl halides is 1. The molecule has 0 aromatic carbocycles. The molecule has 0 fully saturated rings. The molecule has 0 saturated carbocycles. The van der Waals surface area contributed by atoms with Gasteiger partial charge >= 0.3 is 0 Å². The van der Waals surface area contributed by atoms with E-state index in [1.165, 1.54) is 18.5 Å². The normalized spacial score (nSPS) is 15.0. The Bertz CT molecular complexity index is 110. The molecule has 0 unspecified atom stereocenters. The summed E-state index contributed by atoms with van der Waals surface area (Å²) in [5, 5.41) is 3.17. The zero-order valence-electron chi connectivity index (χ0n) is 6.95. The van der Waals surface area contributed by atoms with E-state index in [-0.39, 0.29) is 0 Å². The van der Waals surface area contributed by atoms with E-state index in [1.54, 1.807) is 0 Å². The summed E-state index contributed by atoms with van der Waals surface area (Å²) < 4.78 is 0.774. The van der Waals surface area contributed by atoms with Crippen LogP contribution in [-0.2, 0) is 0 Å². The van der Waals surface area contributed by atoms with Gasteiger partial charge in [0.1, 0.15) is 0 Å². The Hall–Kier alpha value is 0.270. The lowest BCUT2D eigenvalue weighted by Gasteiger charge is -2.09. The second-order valence-electron chi connectivity index (χ2n) is 2.27. The van der Waals surface area contributed by atoms with Gasteiger partial charge in [0.05, 0.1) is 0 Å². The summed E-state index contributed by atoms with van der Waals surface area (Å²) in [6, 6.07) is 0. The van der Waals surface area contributed by atoms with Gasteiger partial charge in [-0.25, -0.2) is 0 Å². The molecule has 0 bridgehead atoms. The lowest BCUT2D eigenvalue weighted by molar-refractivity contribution is 0.780. The van der Waals surface area contributed by atoms with E-state index < -0.39 is 0 Å². The summed E-state index contributed by atoms with van der Waals surface area (Å²) >= 11 is 2.49. The molecule has 0 aromatic rings. The second kappa shape index (κ2) is 6.01. The highest BCUT2D eigenvalue weighted by Crippen LogP contribution is 2.13. The third-order valence-electron chi connectivity index (χ3n) is 1.55. The molecule has 0 spiro atoms. The molecule has 1 N–H and O–H groups in total. The van der Waals surface area contributed by atoms with E-state index >= 15 is 0 Å². The maximum absolute atomic E-state index is 3.17. The average Bonchev–Trinajstić information content (AvgIpc) is 1.99. The van der Waals surface area contributed by atoms with E-state index in [4.69, 9.17) is 0 Å². The minimum absolute atomic E-state index is 0.774. The quantitative estimate of drug-likeness (QED) is 0.600. The molecule has 0 rings (SSSR count). The molecule has 0 amide bonds. The Balaban J connectivity index is 3.64. The van der Waals surface area contributed by atoms with Crippen LogP contribution < -0.4 is 5.32 Å². The van der Waals surface area contributed by atoms with Crippen LogP contribution in [0.5, 0.6) is 0 Å². The van der Waals surface area contributed by atoms with Gasteiger partial charge in [-0.05, 0) is 19.8 Å². The number of hydrogen-bond donors (Lipinski definition) is 1. The molecule has 0 saturated heterocycles. The summed E-state index contributed by atoms with van der Waals surface area (Å²) in [4.78, 5) is 0. The molecule has 0 aliphatic heterocycles. The lowest BCUT2D eigenvalue weighted by Crippen LogP contribution is -2.09. The van der Waals surface area contributed by atoms with E-state index in [0.717, 1.165) is 3.92 Å². The van der Waals surface area contributed by atoms with Gasteiger partial charge in [-0.15, -0.1) is 0 Å². The molecular weight excluding hydrogens is 237 g/mol. The van der Waals surface area contributed by atoms with Gasteiger partial charge in [0.25, 0.3) is 0 Å². The third-order valence-corrected chi connectivity index (χ3v) is 2.88. The topological polar surface area (TPSA) is 12.0 Å². The van der Waals surface area contributed by atoms with Crippen molar-refractivity contribution in [3.05, 3.63) is 11.8 Å². The summed E-state index contributed by atoms with van der Waals surface area (Å²) in [7, 11) is 1.98. The van der Waals surface area contributed by atoms with Crippen LogP contribution in [0.25, 0.3) is 0 Å². The van der Waals surface area contributed by atoms with E-state index in [9.17, 15) is 0 Å². The van der Waals surface area contributed by atoms with Crippen molar-refractivity contribution in [1.29, 1.82) is 0 Å². The van der Waals surface area contributed by atoms with Gasteiger partial charge in [0.2, 0.25) is 0 Å². The predicted molar refractivity (Wildman–Crippen MR) is 55.5 cm³/mol. The van der Waals surface area contributed by atoms with Crippen molar-refractivity contribution in [1.82, 2.24) is 5.32 Å². The number of halogens is 1. The fourth-order valence-electron chi connectivity index (χ4n) is 0.747. The summed E-state index contributed by atoms with van der Waals surface area (Å²) in [6.45, 7) is 4.30. The fraction of sp³-hybridized carbons (Fsp3) is 0.750. The predicted octanol–water partition coefficient (Wildman–Crippen LogP) is 2.71. The Morgan fingerprint density at radius 2 is 2.30 bits per heavy atom. The zero-order valence-corrected chi connectivity index (χ0v) is 9.10. The second-order valence-corrected chi connectivity index (χ2v) is 4.04. The van der Waals surface area contributed by atoms with Crippen LogP contribution in [0.4, 0.5) is 0 Å². The first kappa shape index (κ1) is 10.3. The van der Waals surface area contributed by atoms with Crippen LogP contribution in [0.15, 0.2) is 11.8 Å². The Labute approximate surface area is 77.4 Å². The van der Waals surface area contributed by atoms with Crippen molar-refractivity contribution in [2.75, 3.05) is 7.05 Å². The highest BCUT2D eigenvalue weighted by Gasteiger charge is 2.01. The van der Waals surface area contributed by atoms with Crippen LogP contribution in [-0.4, -0.2) is 11.0 Å². The van der Waals surface area contributed by atoms with Gasteiger partial charge in [-0.2, -0.15) is 0 Å². The maximum atomic E-state index is 3.17. The highest BCUT2D eigenvalue weighted by atomic mass is 127. The molecule has 0 aliphatic carbocycles. The van der Waals surface area contributed by atoms with Crippen LogP contribution in [0.3, 0.4) is 0 Å². The summed E-state index contributed by atoms with van der Waals surface area (Å²) in [5.41, 5.74) is 1.35. The molecule has 1 nitrogen and oxygen atoms in total. The molecule has 0 aromatic heterocycles. The standard InChI is InChI=1S/C8H16IN/c1-4-7(9)6-8(5-2)10-3/h5,7,10H,4,6H2,1-3H3/b8-5-/t7-/m0/s1. The molecule has 60 valence electrons. The monoisotopic (exact) mass is 253 g/mol. The number of allylic oxidation sites excluding steroid dienone is 2. The van der Waals surface area contributed by atoms with Crippen molar-refractivity contribution in [2.45, 2.75) is 30.6 Å². The van der Waals surface area contributed by atoms with Gasteiger partial charge in [0, 0.05) is 16.7 Å². The van der Waals surface area contributed by atoms with Gasteiger partial charge in [-0.3, -0.25) is 0 Å². The summed E-state index contributed by atoms with van der Waals surface area (Å²) in [6.07, 6.45) is 4.56. The average molecular weight is 253 g/mol. The van der Waals surface area contributed by atoms with Gasteiger partial charge in [0.15, 0.2) is 0 Å². The minimum Gasteiger partial charge on any atom is -0.392 e. The largest absolute Gasteiger partial charge is 0.392 e. The van der Waals surface area contributed by atoms with E-state index in [1.807, 2.05) is 7.05 Å². The first-order valence-corrected chi connectivity index (χ1v) is 4.96. The molecule has 0 radical (unpaired) electrons. The fourth-order valence-corrected chi connectivity index (χ4v) is 1.22. The van der Waals surface area contributed by atoms with Crippen molar-refractivity contribution in [2.24, 2.45) is 0 Å². The minimum atomic E-state index is 0.774. The van der Waals surface area contributed by atoms with Crippen molar-refractivity contribution in [3.63, 3.8) is 0 Å². The van der Waals surface area contributed by atoms with Crippen LogP contribution >= 0.6 is 22.6 Å². The molecule has 10 heavy (non-hydrogen) atoms. The molecule has 2 heteroatoms. The molecule has 0 heterocycles. The maximum Gasteiger partial charge on any atom is 0.0161 e. The van der Waals surface area contributed by atoms with Crippen LogP contribution in [0.1, 0.15) is 26.7 Å². The Kier molecular flexibility index (Phi) is 6.17. The highest BCUT2D eigenvalue weighted by molar-refractivity contribution is 14.1. The SMILES string of the molecule is C/C=C(/C[C@@H](I)CC)NC. The van der Waals surface area contributed by atoms with Crippen molar-refractivity contribution in [3.8, 4) is 0 Å². The van der Waals surface area contributed by atoms with Gasteiger partial charge in [-0.1, -0.05) is 35.6 Å². The van der Waals surface area contributed by atoms with E-state index in [0.29, 0.717) is 0 Å². The first-order chi connectivity index (χ1) is 4.74. The number of rotatable bonds is 4. The first-order valence-electron chi connectivity index (χ1n) is 3.71. The summed E-state index contributed by atoms with van der Waals surface area (Å²) in [5.74, 6) is 0. The third kappa shape index (κ3) is 4.14. The molecular formula is C8H16IN. The Morgan fingerprint density at radius 1 is 1.70 bits per heavy atom.